The Balaban J connectivity index is 1.60. The monoisotopic (exact) mass is 356 g/mol. The molecule has 1 N–H and O–H groups in total. The third-order valence-electron chi connectivity index (χ3n) is 3.56. The van der Waals surface area contributed by atoms with Crippen LogP contribution in [0, 0.1) is 9.68 Å². The highest BCUT2D eigenvalue weighted by Gasteiger charge is 2.08. The molecule has 0 saturated heterocycles. The minimum atomic E-state index is 0.459. The number of nitroso groups, excluding NO2 is 1. The summed E-state index contributed by atoms with van der Waals surface area (Å²) < 4.78 is 2.66. The van der Waals surface area contributed by atoms with Crippen LogP contribution in [0.15, 0.2) is 59.8 Å². The van der Waals surface area contributed by atoms with Crippen molar-refractivity contribution in [1.29, 1.82) is 0 Å². The third kappa shape index (κ3) is 3.98. The summed E-state index contributed by atoms with van der Waals surface area (Å²) in [4.78, 5) is 10.4. The van der Waals surface area contributed by atoms with Crippen LogP contribution in [0.5, 0.6) is 0 Å². The normalized spacial score (nSPS) is 10.7. The predicted octanol–water partition coefficient (Wildman–Crippen LogP) is 4.94. The molecule has 0 aliphatic heterocycles. The third-order valence-corrected chi connectivity index (χ3v) is 4.88. The summed E-state index contributed by atoms with van der Waals surface area (Å²) in [5.74, 6) is 2.66. The van der Waals surface area contributed by atoms with Crippen LogP contribution >= 0.6 is 24.0 Å². The molecule has 0 saturated carbocycles. The Labute approximate surface area is 149 Å². The van der Waals surface area contributed by atoms with Gasteiger partial charge in [0, 0.05) is 23.6 Å². The highest BCUT2D eigenvalue weighted by atomic mass is 32.2. The van der Waals surface area contributed by atoms with E-state index in [2.05, 4.69) is 15.4 Å². The van der Waals surface area contributed by atoms with Crippen LogP contribution < -0.4 is 0 Å². The minimum absolute atomic E-state index is 0.459. The van der Waals surface area contributed by atoms with Crippen molar-refractivity contribution in [2.75, 3.05) is 5.75 Å². The maximum absolute atomic E-state index is 10.4. The summed E-state index contributed by atoms with van der Waals surface area (Å²) in [7, 11) is 0. The number of thioether (sulfide) groups is 1. The maximum Gasteiger partial charge on any atom is 0.195 e. The number of H-pyrrole nitrogens is 1. The first-order chi connectivity index (χ1) is 11.8. The van der Waals surface area contributed by atoms with Crippen molar-refractivity contribution >= 4 is 29.7 Å². The van der Waals surface area contributed by atoms with E-state index in [0.717, 1.165) is 29.4 Å². The van der Waals surface area contributed by atoms with E-state index in [1.165, 1.54) is 5.56 Å². The van der Waals surface area contributed by atoms with E-state index in [0.29, 0.717) is 10.5 Å². The lowest BCUT2D eigenvalue weighted by molar-refractivity contribution is 0.764. The van der Waals surface area contributed by atoms with Crippen molar-refractivity contribution in [1.82, 2.24) is 14.8 Å². The minimum Gasteiger partial charge on any atom is -0.299 e. The summed E-state index contributed by atoms with van der Waals surface area (Å²) in [6.45, 7) is 0.790. The Bertz CT molecular complexity index is 856. The van der Waals surface area contributed by atoms with Gasteiger partial charge in [-0.3, -0.25) is 9.67 Å². The zero-order chi connectivity index (χ0) is 16.8. The fourth-order valence-corrected chi connectivity index (χ4v) is 3.44. The Morgan fingerprint density at radius 2 is 1.88 bits per heavy atom. The molecule has 5 nitrogen and oxygen atoms in total. The van der Waals surface area contributed by atoms with Crippen LogP contribution in [0.25, 0.3) is 11.4 Å². The first-order valence-corrected chi connectivity index (χ1v) is 9.05. The standard InChI is InChI=1S/C17H16N4OS2/c22-20-15-8-6-13(7-9-15)12-24-11-10-21-16(18-19-17(21)23)14-4-2-1-3-5-14/h1-9H,10-12H2,(H,19,23). The Hall–Kier alpha value is -2.25. The second-order valence-corrected chi connectivity index (χ2v) is 6.67. The summed E-state index contributed by atoms with van der Waals surface area (Å²) in [6, 6.07) is 17.4. The van der Waals surface area contributed by atoms with E-state index in [1.807, 2.05) is 58.8 Å². The van der Waals surface area contributed by atoms with Crippen molar-refractivity contribution in [2.24, 2.45) is 5.18 Å². The van der Waals surface area contributed by atoms with Crippen LogP contribution in [0.4, 0.5) is 5.69 Å². The first-order valence-electron chi connectivity index (χ1n) is 7.48. The topological polar surface area (TPSA) is 63.0 Å². The number of hydrogen-bond acceptors (Lipinski definition) is 5. The number of rotatable bonds is 7. The average molecular weight is 356 g/mol. The van der Waals surface area contributed by atoms with Gasteiger partial charge in [0.05, 0.1) is 0 Å². The molecule has 0 amide bonds. The van der Waals surface area contributed by atoms with Crippen LogP contribution in [0.1, 0.15) is 5.56 Å². The molecule has 0 atom stereocenters. The number of nitrogens with one attached hydrogen (secondary N) is 1. The van der Waals surface area contributed by atoms with Crippen molar-refractivity contribution < 1.29 is 0 Å². The second kappa shape index (κ2) is 8.03. The van der Waals surface area contributed by atoms with Crippen molar-refractivity contribution in [2.45, 2.75) is 12.3 Å². The highest BCUT2D eigenvalue weighted by Crippen LogP contribution is 2.19. The van der Waals surface area contributed by atoms with Crippen LogP contribution in [-0.2, 0) is 12.3 Å². The van der Waals surface area contributed by atoms with Gasteiger partial charge in [0.15, 0.2) is 10.6 Å². The summed E-state index contributed by atoms with van der Waals surface area (Å²) in [5, 5.41) is 10.1. The fourth-order valence-electron chi connectivity index (χ4n) is 2.33. The molecule has 122 valence electrons. The Morgan fingerprint density at radius 3 is 2.58 bits per heavy atom. The molecule has 7 heteroatoms. The lowest BCUT2D eigenvalue weighted by atomic mass is 10.2. The second-order valence-electron chi connectivity index (χ2n) is 5.18. The van der Waals surface area contributed by atoms with E-state index in [4.69, 9.17) is 12.2 Å². The molecule has 2 aromatic carbocycles. The molecule has 1 aromatic heterocycles. The van der Waals surface area contributed by atoms with E-state index in [-0.39, 0.29) is 0 Å². The fraction of sp³-hybridized carbons (Fsp3) is 0.176. The molecule has 0 aliphatic rings. The van der Waals surface area contributed by atoms with Gasteiger partial charge in [-0.2, -0.15) is 16.9 Å². The molecule has 3 rings (SSSR count). The van der Waals surface area contributed by atoms with Gasteiger partial charge in [0.25, 0.3) is 0 Å². The summed E-state index contributed by atoms with van der Waals surface area (Å²) >= 11 is 7.15. The van der Waals surface area contributed by atoms with E-state index >= 15 is 0 Å². The molecule has 0 radical (unpaired) electrons. The van der Waals surface area contributed by atoms with Gasteiger partial charge in [0.2, 0.25) is 0 Å². The smallest absolute Gasteiger partial charge is 0.195 e. The molecular weight excluding hydrogens is 340 g/mol. The zero-order valence-corrected chi connectivity index (χ0v) is 14.5. The van der Waals surface area contributed by atoms with Gasteiger partial charge < -0.3 is 0 Å². The van der Waals surface area contributed by atoms with Crippen LogP contribution in [-0.4, -0.2) is 20.5 Å². The number of aromatic amines is 1. The number of hydrogen-bond donors (Lipinski definition) is 1. The summed E-state index contributed by atoms with van der Waals surface area (Å²) in [5.41, 5.74) is 2.68. The van der Waals surface area contributed by atoms with Gasteiger partial charge in [-0.25, -0.2) is 0 Å². The quantitative estimate of drug-likeness (QED) is 0.370. The lowest BCUT2D eigenvalue weighted by Crippen LogP contribution is -2.03. The maximum atomic E-state index is 10.4. The Kier molecular flexibility index (Phi) is 5.55. The SMILES string of the molecule is O=Nc1ccc(CSCCn2c(-c3ccccc3)n[nH]c2=S)cc1. The van der Waals surface area contributed by atoms with Gasteiger partial charge in [-0.1, -0.05) is 42.5 Å². The average Bonchev–Trinajstić information content (AvgIpc) is 3.01. The van der Waals surface area contributed by atoms with Gasteiger partial charge in [0.1, 0.15) is 5.69 Å². The molecule has 0 spiro atoms. The molecule has 3 aromatic rings. The van der Waals surface area contributed by atoms with Crippen molar-refractivity contribution in [3.05, 3.63) is 69.8 Å². The number of aromatic nitrogens is 3. The molecule has 0 fully saturated rings. The molecule has 0 aliphatic carbocycles. The molecular formula is C17H16N4OS2. The molecule has 0 bridgehead atoms. The largest absolute Gasteiger partial charge is 0.299 e. The lowest BCUT2D eigenvalue weighted by Gasteiger charge is -2.07. The van der Waals surface area contributed by atoms with Gasteiger partial charge >= 0.3 is 0 Å². The Morgan fingerprint density at radius 1 is 1.12 bits per heavy atom. The molecule has 0 unspecified atom stereocenters. The van der Waals surface area contributed by atoms with E-state index in [1.54, 1.807) is 12.1 Å². The van der Waals surface area contributed by atoms with E-state index in [9.17, 15) is 4.91 Å². The van der Waals surface area contributed by atoms with Crippen LogP contribution in [0.3, 0.4) is 0 Å². The van der Waals surface area contributed by atoms with Gasteiger partial charge in [-0.05, 0) is 35.1 Å². The van der Waals surface area contributed by atoms with Gasteiger partial charge in [-0.15, -0.1) is 4.91 Å². The highest BCUT2D eigenvalue weighted by molar-refractivity contribution is 7.98. The van der Waals surface area contributed by atoms with Crippen molar-refractivity contribution in [3.8, 4) is 11.4 Å². The molecule has 1 heterocycles. The summed E-state index contributed by atoms with van der Waals surface area (Å²) in [6.07, 6.45) is 0. The van der Waals surface area contributed by atoms with E-state index < -0.39 is 0 Å². The first kappa shape index (κ1) is 16.6. The van der Waals surface area contributed by atoms with Crippen LogP contribution in [0.2, 0.25) is 0 Å². The number of benzene rings is 2. The van der Waals surface area contributed by atoms with Crippen molar-refractivity contribution in [3.63, 3.8) is 0 Å². The number of nitrogens with zero attached hydrogens (tertiary/aromatic N) is 3. The predicted molar refractivity (Wildman–Crippen MR) is 101 cm³/mol. The zero-order valence-electron chi connectivity index (χ0n) is 12.9. The molecule has 24 heavy (non-hydrogen) atoms.